The number of hydrogen-bond acceptors (Lipinski definition) is 3. The standard InChI is InChI=1S/C12H21NO2/c1-10(2)14-9-5-7-13-11(3)12-6-4-8-15-12/h4,6,8,10-11,13H,5,7,9H2,1-3H3. The molecule has 0 fully saturated rings. The van der Waals surface area contributed by atoms with Crippen molar-refractivity contribution in [3.63, 3.8) is 0 Å². The van der Waals surface area contributed by atoms with Crippen LogP contribution in [0.1, 0.15) is 39.0 Å². The molecule has 0 aromatic carbocycles. The SMILES string of the molecule is CC(C)OCCCNC(C)c1ccco1. The van der Waals surface area contributed by atoms with E-state index >= 15 is 0 Å². The second-order valence-electron chi connectivity index (χ2n) is 3.96. The highest BCUT2D eigenvalue weighted by molar-refractivity contribution is 5.02. The Morgan fingerprint density at radius 2 is 2.20 bits per heavy atom. The van der Waals surface area contributed by atoms with Gasteiger partial charge in [-0.15, -0.1) is 0 Å². The Balaban J connectivity index is 2.05. The fraction of sp³-hybridized carbons (Fsp3) is 0.667. The maximum absolute atomic E-state index is 5.45. The van der Waals surface area contributed by atoms with Gasteiger partial charge in [0.1, 0.15) is 5.76 Å². The number of rotatable bonds is 7. The van der Waals surface area contributed by atoms with Crippen molar-refractivity contribution in [3.8, 4) is 0 Å². The lowest BCUT2D eigenvalue weighted by Crippen LogP contribution is -2.21. The smallest absolute Gasteiger partial charge is 0.120 e. The van der Waals surface area contributed by atoms with Crippen LogP contribution in [-0.4, -0.2) is 19.3 Å². The minimum atomic E-state index is 0.277. The van der Waals surface area contributed by atoms with Crippen LogP contribution < -0.4 is 5.32 Å². The van der Waals surface area contributed by atoms with Crippen LogP contribution in [0.25, 0.3) is 0 Å². The van der Waals surface area contributed by atoms with E-state index in [1.54, 1.807) is 6.26 Å². The Hall–Kier alpha value is -0.800. The molecule has 0 aliphatic rings. The summed E-state index contributed by atoms with van der Waals surface area (Å²) in [4.78, 5) is 0. The molecule has 86 valence electrons. The van der Waals surface area contributed by atoms with Crippen molar-refractivity contribution in [2.45, 2.75) is 39.3 Å². The van der Waals surface area contributed by atoms with E-state index in [0.29, 0.717) is 6.10 Å². The van der Waals surface area contributed by atoms with E-state index < -0.39 is 0 Å². The van der Waals surface area contributed by atoms with Crippen LogP contribution in [-0.2, 0) is 4.74 Å². The summed E-state index contributed by atoms with van der Waals surface area (Å²) < 4.78 is 10.7. The van der Waals surface area contributed by atoms with Gasteiger partial charge in [-0.25, -0.2) is 0 Å². The molecular formula is C12H21NO2. The molecular weight excluding hydrogens is 190 g/mol. The highest BCUT2D eigenvalue weighted by atomic mass is 16.5. The highest BCUT2D eigenvalue weighted by Crippen LogP contribution is 2.11. The van der Waals surface area contributed by atoms with Gasteiger partial charge in [0.25, 0.3) is 0 Å². The zero-order valence-corrected chi connectivity index (χ0v) is 9.82. The van der Waals surface area contributed by atoms with Crippen LogP contribution in [0.4, 0.5) is 0 Å². The lowest BCUT2D eigenvalue weighted by Gasteiger charge is -2.12. The third kappa shape index (κ3) is 5.00. The summed E-state index contributed by atoms with van der Waals surface area (Å²) in [6.45, 7) is 7.98. The lowest BCUT2D eigenvalue weighted by molar-refractivity contribution is 0.0767. The van der Waals surface area contributed by atoms with Gasteiger partial charge < -0.3 is 14.5 Å². The first-order chi connectivity index (χ1) is 7.20. The zero-order chi connectivity index (χ0) is 11.1. The summed E-state index contributed by atoms with van der Waals surface area (Å²) in [5, 5.41) is 3.38. The molecule has 1 unspecified atom stereocenters. The first-order valence-electron chi connectivity index (χ1n) is 5.58. The normalized spacial score (nSPS) is 13.3. The molecule has 15 heavy (non-hydrogen) atoms. The topological polar surface area (TPSA) is 34.4 Å². The van der Waals surface area contributed by atoms with Crippen molar-refractivity contribution in [3.05, 3.63) is 24.2 Å². The van der Waals surface area contributed by atoms with Gasteiger partial charge in [0, 0.05) is 6.61 Å². The molecule has 0 radical (unpaired) electrons. The molecule has 0 aliphatic carbocycles. The van der Waals surface area contributed by atoms with Gasteiger partial charge in [0.15, 0.2) is 0 Å². The molecule has 0 saturated carbocycles. The molecule has 0 spiro atoms. The summed E-state index contributed by atoms with van der Waals surface area (Å²) in [7, 11) is 0. The summed E-state index contributed by atoms with van der Waals surface area (Å²) in [5.41, 5.74) is 0. The minimum Gasteiger partial charge on any atom is -0.468 e. The Morgan fingerprint density at radius 3 is 2.80 bits per heavy atom. The molecule has 3 nitrogen and oxygen atoms in total. The Labute approximate surface area is 91.8 Å². The van der Waals surface area contributed by atoms with Crippen LogP contribution in [0, 0.1) is 0 Å². The van der Waals surface area contributed by atoms with Gasteiger partial charge >= 0.3 is 0 Å². The van der Waals surface area contributed by atoms with Crippen molar-refractivity contribution >= 4 is 0 Å². The number of hydrogen-bond donors (Lipinski definition) is 1. The molecule has 1 atom stereocenters. The monoisotopic (exact) mass is 211 g/mol. The van der Waals surface area contributed by atoms with E-state index in [9.17, 15) is 0 Å². The predicted molar refractivity (Wildman–Crippen MR) is 60.8 cm³/mol. The second-order valence-corrected chi connectivity index (χ2v) is 3.96. The van der Waals surface area contributed by atoms with Gasteiger partial charge in [0.2, 0.25) is 0 Å². The molecule has 1 aromatic rings. The van der Waals surface area contributed by atoms with E-state index in [-0.39, 0.29) is 6.04 Å². The fourth-order valence-electron chi connectivity index (χ4n) is 1.35. The average Bonchev–Trinajstić information content (AvgIpc) is 2.69. The maximum Gasteiger partial charge on any atom is 0.120 e. The maximum atomic E-state index is 5.45. The molecule has 1 N–H and O–H groups in total. The van der Waals surface area contributed by atoms with Crippen molar-refractivity contribution in [2.75, 3.05) is 13.2 Å². The first kappa shape index (κ1) is 12.3. The van der Waals surface area contributed by atoms with Crippen molar-refractivity contribution in [1.82, 2.24) is 5.32 Å². The van der Waals surface area contributed by atoms with Gasteiger partial charge in [-0.2, -0.15) is 0 Å². The van der Waals surface area contributed by atoms with Crippen LogP contribution in [0.3, 0.4) is 0 Å². The highest BCUT2D eigenvalue weighted by Gasteiger charge is 2.06. The van der Waals surface area contributed by atoms with Crippen LogP contribution in [0.15, 0.2) is 22.8 Å². The number of furan rings is 1. The Morgan fingerprint density at radius 1 is 1.40 bits per heavy atom. The van der Waals surface area contributed by atoms with Crippen LogP contribution in [0.5, 0.6) is 0 Å². The van der Waals surface area contributed by atoms with Crippen molar-refractivity contribution < 1.29 is 9.15 Å². The molecule has 1 aromatic heterocycles. The molecule has 0 amide bonds. The number of nitrogens with one attached hydrogen (secondary N) is 1. The molecule has 0 aliphatic heterocycles. The Kier molecular flexibility index (Phi) is 5.43. The second kappa shape index (κ2) is 6.64. The van der Waals surface area contributed by atoms with Gasteiger partial charge in [0.05, 0.1) is 18.4 Å². The van der Waals surface area contributed by atoms with Gasteiger partial charge in [-0.1, -0.05) is 0 Å². The molecule has 0 saturated heterocycles. The first-order valence-corrected chi connectivity index (χ1v) is 5.58. The number of ether oxygens (including phenoxy) is 1. The largest absolute Gasteiger partial charge is 0.468 e. The fourth-order valence-corrected chi connectivity index (χ4v) is 1.35. The van der Waals surface area contributed by atoms with E-state index in [4.69, 9.17) is 9.15 Å². The van der Waals surface area contributed by atoms with E-state index in [1.165, 1.54) is 0 Å². The average molecular weight is 211 g/mol. The minimum absolute atomic E-state index is 0.277. The summed E-state index contributed by atoms with van der Waals surface area (Å²) in [6.07, 6.45) is 3.06. The van der Waals surface area contributed by atoms with Crippen LogP contribution in [0.2, 0.25) is 0 Å². The molecule has 1 rings (SSSR count). The van der Waals surface area contributed by atoms with Gasteiger partial charge in [-0.05, 0) is 45.9 Å². The van der Waals surface area contributed by atoms with Crippen molar-refractivity contribution in [2.24, 2.45) is 0 Å². The molecule has 3 heteroatoms. The summed E-state index contributed by atoms with van der Waals surface area (Å²) in [6, 6.07) is 4.18. The summed E-state index contributed by atoms with van der Waals surface area (Å²) >= 11 is 0. The lowest BCUT2D eigenvalue weighted by atomic mass is 10.2. The quantitative estimate of drug-likeness (QED) is 0.704. The zero-order valence-electron chi connectivity index (χ0n) is 9.82. The third-order valence-electron chi connectivity index (χ3n) is 2.19. The van der Waals surface area contributed by atoms with E-state index in [2.05, 4.69) is 26.1 Å². The summed E-state index contributed by atoms with van der Waals surface area (Å²) in [5.74, 6) is 0.986. The van der Waals surface area contributed by atoms with Crippen LogP contribution >= 0.6 is 0 Å². The third-order valence-corrected chi connectivity index (χ3v) is 2.19. The van der Waals surface area contributed by atoms with Gasteiger partial charge in [-0.3, -0.25) is 0 Å². The predicted octanol–water partition coefficient (Wildman–Crippen LogP) is 2.75. The van der Waals surface area contributed by atoms with Crippen molar-refractivity contribution in [1.29, 1.82) is 0 Å². The van der Waals surface area contributed by atoms with E-state index in [1.807, 2.05) is 12.1 Å². The molecule has 1 heterocycles. The Bertz CT molecular complexity index is 244. The molecule has 0 bridgehead atoms. The van der Waals surface area contributed by atoms with E-state index in [0.717, 1.165) is 25.3 Å².